The Balaban J connectivity index is 1.66. The summed E-state index contributed by atoms with van der Waals surface area (Å²) in [5.74, 6) is 0.484. The van der Waals surface area contributed by atoms with E-state index in [0.717, 1.165) is 22.2 Å². The molecule has 3 aromatic rings. The molecule has 1 aromatic carbocycles. The molecule has 24 heavy (non-hydrogen) atoms. The third-order valence-corrected chi connectivity index (χ3v) is 4.25. The van der Waals surface area contributed by atoms with Crippen LogP contribution in [-0.2, 0) is 6.54 Å². The summed E-state index contributed by atoms with van der Waals surface area (Å²) < 4.78 is 0. The number of benzene rings is 1. The van der Waals surface area contributed by atoms with Crippen molar-refractivity contribution >= 4 is 34.7 Å². The van der Waals surface area contributed by atoms with Gasteiger partial charge >= 0.3 is 0 Å². The summed E-state index contributed by atoms with van der Waals surface area (Å²) in [5, 5.41) is 4.69. The van der Waals surface area contributed by atoms with Crippen molar-refractivity contribution in [1.29, 1.82) is 0 Å². The number of H-pyrrole nitrogens is 1. The summed E-state index contributed by atoms with van der Waals surface area (Å²) in [4.78, 5) is 28.1. The number of halogens is 1. The van der Waals surface area contributed by atoms with Gasteiger partial charge in [0.2, 0.25) is 5.95 Å². The van der Waals surface area contributed by atoms with Gasteiger partial charge in [0.05, 0.1) is 18.3 Å². The molecule has 0 spiro atoms. The van der Waals surface area contributed by atoms with E-state index in [9.17, 15) is 4.79 Å². The Bertz CT molecular complexity index is 1030. The largest absolute Gasteiger partial charge is 0.347 e. The molecule has 3 heterocycles. The van der Waals surface area contributed by atoms with Crippen LogP contribution in [0.4, 0.5) is 5.95 Å². The van der Waals surface area contributed by atoms with Crippen LogP contribution in [0.1, 0.15) is 29.8 Å². The molecule has 120 valence electrons. The second-order valence-electron chi connectivity index (χ2n) is 5.72. The van der Waals surface area contributed by atoms with Crippen molar-refractivity contribution in [2.45, 2.75) is 19.5 Å². The predicted molar refractivity (Wildman–Crippen MR) is 94.9 cm³/mol. The number of pyridine rings is 1. The minimum atomic E-state index is -0.252. The molecule has 0 unspecified atom stereocenters. The average Bonchev–Trinajstić information content (AvgIpc) is 3.02. The minimum absolute atomic E-state index is 0.144. The number of nitrogens with zero attached hydrogens (tertiary/aromatic N) is 3. The van der Waals surface area contributed by atoms with Crippen LogP contribution in [0.5, 0.6) is 0 Å². The van der Waals surface area contributed by atoms with Gasteiger partial charge in [-0.3, -0.25) is 9.79 Å². The highest BCUT2D eigenvalue weighted by molar-refractivity contribution is 6.31. The number of aromatic nitrogens is 3. The summed E-state index contributed by atoms with van der Waals surface area (Å²) in [6.07, 6.45) is 3.50. The SMILES string of the molecule is C[C@H](Nc1ncc2c(n1)CN=C2)c1cc2cc(Cl)ccc2[nH]c1=O. The van der Waals surface area contributed by atoms with Crippen LogP contribution in [-0.4, -0.2) is 21.2 Å². The van der Waals surface area contributed by atoms with E-state index in [2.05, 4.69) is 25.3 Å². The van der Waals surface area contributed by atoms with Gasteiger partial charge in [-0.2, -0.15) is 0 Å². The van der Waals surface area contributed by atoms with Crippen molar-refractivity contribution in [2.75, 3.05) is 5.32 Å². The Morgan fingerprint density at radius 3 is 3.08 bits per heavy atom. The highest BCUT2D eigenvalue weighted by Crippen LogP contribution is 2.21. The van der Waals surface area contributed by atoms with Crippen LogP contribution < -0.4 is 10.9 Å². The van der Waals surface area contributed by atoms with Crippen molar-refractivity contribution in [2.24, 2.45) is 4.99 Å². The lowest BCUT2D eigenvalue weighted by molar-refractivity contribution is 0.838. The molecular weight excluding hydrogens is 326 g/mol. The highest BCUT2D eigenvalue weighted by atomic mass is 35.5. The van der Waals surface area contributed by atoms with Gasteiger partial charge in [0.1, 0.15) is 0 Å². The normalized spacial score (nSPS) is 13.9. The Hall–Kier alpha value is -2.73. The van der Waals surface area contributed by atoms with Gasteiger partial charge in [0.25, 0.3) is 5.56 Å². The van der Waals surface area contributed by atoms with E-state index in [1.165, 1.54) is 0 Å². The molecule has 2 N–H and O–H groups in total. The first kappa shape index (κ1) is 14.8. The molecular formula is C17H14ClN5O. The van der Waals surface area contributed by atoms with E-state index in [1.807, 2.05) is 19.1 Å². The number of aliphatic imine (C=N–C) groups is 1. The summed E-state index contributed by atoms with van der Waals surface area (Å²) in [6, 6.07) is 6.96. The maximum atomic E-state index is 12.3. The molecule has 0 bridgehead atoms. The summed E-state index contributed by atoms with van der Waals surface area (Å²) >= 11 is 6.03. The third-order valence-electron chi connectivity index (χ3n) is 4.02. The number of hydrogen-bond donors (Lipinski definition) is 2. The quantitative estimate of drug-likeness (QED) is 0.768. The van der Waals surface area contributed by atoms with Crippen molar-refractivity contribution in [1.82, 2.24) is 15.0 Å². The maximum Gasteiger partial charge on any atom is 0.253 e. The summed E-state index contributed by atoms with van der Waals surface area (Å²) in [5.41, 5.74) is 3.04. The fraction of sp³-hybridized carbons (Fsp3) is 0.176. The van der Waals surface area contributed by atoms with Crippen molar-refractivity contribution in [3.63, 3.8) is 0 Å². The molecule has 1 aliphatic rings. The number of rotatable bonds is 3. The topological polar surface area (TPSA) is 83.0 Å². The molecule has 0 radical (unpaired) electrons. The number of hydrogen-bond acceptors (Lipinski definition) is 5. The van der Waals surface area contributed by atoms with Crippen LogP contribution in [0.3, 0.4) is 0 Å². The first-order chi connectivity index (χ1) is 11.6. The number of aromatic amines is 1. The fourth-order valence-corrected chi connectivity index (χ4v) is 2.93. The second kappa shape index (κ2) is 5.72. The zero-order chi connectivity index (χ0) is 16.7. The van der Waals surface area contributed by atoms with E-state index in [0.29, 0.717) is 23.1 Å². The van der Waals surface area contributed by atoms with Gasteiger partial charge in [-0.15, -0.1) is 0 Å². The van der Waals surface area contributed by atoms with Gasteiger partial charge in [-0.25, -0.2) is 9.97 Å². The Morgan fingerprint density at radius 2 is 2.21 bits per heavy atom. The van der Waals surface area contributed by atoms with E-state index in [-0.39, 0.29) is 11.6 Å². The number of anilines is 1. The van der Waals surface area contributed by atoms with Crippen molar-refractivity contribution in [3.05, 3.63) is 62.7 Å². The monoisotopic (exact) mass is 339 g/mol. The van der Waals surface area contributed by atoms with E-state index >= 15 is 0 Å². The van der Waals surface area contributed by atoms with E-state index < -0.39 is 0 Å². The van der Waals surface area contributed by atoms with E-state index in [1.54, 1.807) is 24.5 Å². The van der Waals surface area contributed by atoms with Gasteiger partial charge in [0.15, 0.2) is 0 Å². The average molecular weight is 340 g/mol. The molecule has 0 saturated carbocycles. The zero-order valence-corrected chi connectivity index (χ0v) is 13.6. The van der Waals surface area contributed by atoms with Crippen LogP contribution >= 0.6 is 11.6 Å². The number of fused-ring (bicyclic) bond motifs is 2. The van der Waals surface area contributed by atoms with Crippen molar-refractivity contribution in [3.8, 4) is 0 Å². The van der Waals surface area contributed by atoms with Crippen molar-refractivity contribution < 1.29 is 0 Å². The molecule has 6 nitrogen and oxygen atoms in total. The molecule has 0 saturated heterocycles. The van der Waals surface area contributed by atoms with Gasteiger partial charge in [-0.1, -0.05) is 11.6 Å². The first-order valence-corrected chi connectivity index (χ1v) is 7.93. The van der Waals surface area contributed by atoms with Crippen LogP contribution in [0, 0.1) is 0 Å². The predicted octanol–water partition coefficient (Wildman–Crippen LogP) is 3.08. The number of nitrogens with one attached hydrogen (secondary N) is 2. The van der Waals surface area contributed by atoms with Gasteiger partial charge < -0.3 is 10.3 Å². The second-order valence-corrected chi connectivity index (χ2v) is 6.15. The zero-order valence-electron chi connectivity index (χ0n) is 12.9. The molecule has 0 fully saturated rings. The van der Waals surface area contributed by atoms with Crippen LogP contribution in [0.2, 0.25) is 5.02 Å². The fourth-order valence-electron chi connectivity index (χ4n) is 2.75. The molecule has 1 atom stereocenters. The van der Waals surface area contributed by atoms with E-state index in [4.69, 9.17) is 11.6 Å². The molecule has 7 heteroatoms. The van der Waals surface area contributed by atoms with Crippen LogP contribution in [0.25, 0.3) is 10.9 Å². The standard InChI is InChI=1S/C17H14ClN5O/c1-9(21-17-20-7-11-6-19-8-15(11)23-17)13-5-10-4-12(18)2-3-14(10)22-16(13)24/h2-7,9H,8H2,1H3,(H,22,24)(H,20,21,23)/t9-/m0/s1. The first-order valence-electron chi connectivity index (χ1n) is 7.55. The minimum Gasteiger partial charge on any atom is -0.347 e. The molecule has 0 aliphatic carbocycles. The highest BCUT2D eigenvalue weighted by Gasteiger charge is 2.15. The third kappa shape index (κ3) is 2.65. The smallest absolute Gasteiger partial charge is 0.253 e. The summed E-state index contributed by atoms with van der Waals surface area (Å²) in [6.45, 7) is 2.46. The maximum absolute atomic E-state index is 12.3. The lowest BCUT2D eigenvalue weighted by atomic mass is 10.1. The molecule has 0 amide bonds. The lowest BCUT2D eigenvalue weighted by Gasteiger charge is -2.14. The Morgan fingerprint density at radius 1 is 1.33 bits per heavy atom. The lowest BCUT2D eigenvalue weighted by Crippen LogP contribution is -2.20. The van der Waals surface area contributed by atoms with Gasteiger partial charge in [0, 0.05) is 39.5 Å². The Kier molecular flexibility index (Phi) is 3.54. The molecule has 2 aromatic heterocycles. The molecule has 1 aliphatic heterocycles. The molecule has 4 rings (SSSR count). The van der Waals surface area contributed by atoms with Crippen LogP contribution in [0.15, 0.2) is 40.2 Å². The summed E-state index contributed by atoms with van der Waals surface area (Å²) in [7, 11) is 0. The Labute approximate surface area is 142 Å². The van der Waals surface area contributed by atoms with Gasteiger partial charge in [-0.05, 0) is 31.2 Å².